The Morgan fingerprint density at radius 2 is 1.62 bits per heavy atom. The molecule has 3 rings (SSSR count). The van der Waals surface area contributed by atoms with Gasteiger partial charge in [-0.05, 0) is 60.5 Å². The fraction of sp³-hybridized carbons (Fsp3) is 0.250. The third kappa shape index (κ3) is 7.05. The summed E-state index contributed by atoms with van der Waals surface area (Å²) in [5, 5.41) is 0.171. The summed E-state index contributed by atoms with van der Waals surface area (Å²) in [6.45, 7) is 2.70. The molecule has 0 unspecified atom stereocenters. The van der Waals surface area contributed by atoms with Gasteiger partial charge in [0.1, 0.15) is 5.75 Å². The Hall–Kier alpha value is -3.49. The molecule has 0 fully saturated rings. The zero-order valence-electron chi connectivity index (χ0n) is 21.0. The van der Waals surface area contributed by atoms with Gasteiger partial charge < -0.3 is 14.2 Å². The van der Waals surface area contributed by atoms with Crippen LogP contribution >= 0.6 is 11.6 Å². The fourth-order valence-corrected chi connectivity index (χ4v) is 5.19. The highest BCUT2D eigenvalue weighted by Gasteiger charge is 2.30. The normalized spacial score (nSPS) is 11.4. The second-order valence-electron chi connectivity index (χ2n) is 8.04. The Bertz CT molecular complexity index is 1340. The zero-order valence-corrected chi connectivity index (χ0v) is 22.6. The number of methoxy groups -OCH3 is 2. The van der Waals surface area contributed by atoms with Crippen molar-refractivity contribution in [2.75, 3.05) is 25.1 Å². The first-order valence-corrected chi connectivity index (χ1v) is 13.6. The minimum atomic E-state index is -4.24. The highest BCUT2D eigenvalue weighted by atomic mass is 35.5. The second kappa shape index (κ2) is 13.2. The smallest absolute Gasteiger partial charge is 0.271 e. The molecule has 0 bridgehead atoms. The summed E-state index contributed by atoms with van der Waals surface area (Å²) < 4.78 is 44.1. The van der Waals surface area contributed by atoms with Crippen molar-refractivity contribution in [2.45, 2.75) is 31.1 Å². The second-order valence-corrected chi connectivity index (χ2v) is 10.2. The molecular weight excluding hydrogens is 514 g/mol. The largest absolute Gasteiger partial charge is 0.495 e. The molecule has 0 saturated heterocycles. The van der Waals surface area contributed by atoms with Crippen molar-refractivity contribution in [3.63, 3.8) is 0 Å². The molecule has 0 saturated carbocycles. The van der Waals surface area contributed by atoms with Crippen molar-refractivity contribution < 1.29 is 27.4 Å². The lowest BCUT2D eigenvalue weighted by atomic mass is 10.2. The van der Waals surface area contributed by atoms with Gasteiger partial charge in [-0.15, -0.1) is 0 Å². The van der Waals surface area contributed by atoms with Gasteiger partial charge in [0.25, 0.3) is 15.9 Å². The first kappa shape index (κ1) is 28.1. The van der Waals surface area contributed by atoms with Gasteiger partial charge in [-0.3, -0.25) is 4.79 Å². The van der Waals surface area contributed by atoms with Gasteiger partial charge in [0.15, 0.2) is 11.5 Å². The van der Waals surface area contributed by atoms with E-state index in [9.17, 15) is 13.2 Å². The Morgan fingerprint density at radius 1 is 0.919 bits per heavy atom. The molecule has 1 amide bonds. The Morgan fingerprint density at radius 3 is 2.27 bits per heavy atom. The van der Waals surface area contributed by atoms with Gasteiger partial charge in [-0.2, -0.15) is 4.31 Å². The molecule has 0 radical (unpaired) electrons. The average Bonchev–Trinajstić information content (AvgIpc) is 2.91. The van der Waals surface area contributed by atoms with Crippen molar-refractivity contribution in [3.8, 4) is 17.2 Å². The molecule has 0 aromatic heterocycles. The maximum Gasteiger partial charge on any atom is 0.271 e. The molecule has 0 aliphatic rings. The van der Waals surface area contributed by atoms with Crippen molar-refractivity contribution in [1.82, 2.24) is 0 Å². The van der Waals surface area contributed by atoms with Gasteiger partial charge in [0, 0.05) is 6.08 Å². The van der Waals surface area contributed by atoms with Crippen molar-refractivity contribution in [3.05, 3.63) is 83.4 Å². The van der Waals surface area contributed by atoms with Crippen LogP contribution in [-0.2, 0) is 14.8 Å². The number of benzene rings is 3. The van der Waals surface area contributed by atoms with Crippen LogP contribution in [0.4, 0.5) is 5.69 Å². The Labute approximate surface area is 223 Å². The Kier molecular flexibility index (Phi) is 10.00. The van der Waals surface area contributed by atoms with E-state index in [-0.39, 0.29) is 15.6 Å². The van der Waals surface area contributed by atoms with Gasteiger partial charge in [-0.25, -0.2) is 8.42 Å². The first-order valence-electron chi connectivity index (χ1n) is 11.8. The van der Waals surface area contributed by atoms with E-state index in [0.29, 0.717) is 33.7 Å². The summed E-state index contributed by atoms with van der Waals surface area (Å²) in [6.07, 6.45) is 5.82. The molecule has 3 aromatic carbocycles. The van der Waals surface area contributed by atoms with Gasteiger partial charge >= 0.3 is 0 Å². The van der Waals surface area contributed by atoms with Crippen LogP contribution in [-0.4, -0.2) is 35.2 Å². The average molecular weight is 544 g/mol. The van der Waals surface area contributed by atoms with Crippen LogP contribution in [0.15, 0.2) is 77.7 Å². The quantitative estimate of drug-likeness (QED) is 0.195. The predicted octanol–water partition coefficient (Wildman–Crippen LogP) is 6.36. The number of halogens is 1. The number of carbonyl (C=O) groups is 1. The van der Waals surface area contributed by atoms with Gasteiger partial charge in [0.05, 0.1) is 36.4 Å². The number of hydrogen-bond donors (Lipinski definition) is 0. The molecule has 0 N–H and O–H groups in total. The number of nitrogens with zero attached hydrogens (tertiary/aromatic N) is 1. The molecule has 0 spiro atoms. The van der Waals surface area contributed by atoms with Crippen LogP contribution in [0.3, 0.4) is 0 Å². The highest BCUT2D eigenvalue weighted by Crippen LogP contribution is 2.33. The summed E-state index contributed by atoms with van der Waals surface area (Å²) in [5.41, 5.74) is 0.716. The zero-order chi connectivity index (χ0) is 26.8. The number of sulfonamides is 1. The van der Waals surface area contributed by atoms with E-state index in [1.54, 1.807) is 36.4 Å². The van der Waals surface area contributed by atoms with E-state index in [1.165, 1.54) is 56.7 Å². The predicted molar refractivity (Wildman–Crippen MR) is 146 cm³/mol. The number of carbonyl (C=O) groups excluding carboxylic acids is 1. The minimum Gasteiger partial charge on any atom is -0.495 e. The summed E-state index contributed by atoms with van der Waals surface area (Å²) in [4.78, 5) is 13.3. The van der Waals surface area contributed by atoms with E-state index >= 15 is 0 Å². The van der Waals surface area contributed by atoms with E-state index < -0.39 is 15.9 Å². The monoisotopic (exact) mass is 543 g/mol. The van der Waals surface area contributed by atoms with E-state index in [1.807, 2.05) is 0 Å². The molecule has 7 nitrogen and oxygen atoms in total. The molecule has 0 aliphatic heterocycles. The van der Waals surface area contributed by atoms with Crippen LogP contribution in [0.2, 0.25) is 5.02 Å². The van der Waals surface area contributed by atoms with Crippen LogP contribution in [0.25, 0.3) is 6.08 Å². The third-order valence-corrected chi connectivity index (χ3v) is 7.50. The topological polar surface area (TPSA) is 82.1 Å². The van der Waals surface area contributed by atoms with E-state index in [4.69, 9.17) is 25.8 Å². The summed E-state index contributed by atoms with van der Waals surface area (Å²) in [6, 6.07) is 17.3. The lowest BCUT2D eigenvalue weighted by molar-refractivity contribution is -0.113. The molecule has 196 valence electrons. The summed E-state index contributed by atoms with van der Waals surface area (Å²) in [7, 11) is -1.26. The molecule has 37 heavy (non-hydrogen) atoms. The molecule has 3 aromatic rings. The summed E-state index contributed by atoms with van der Waals surface area (Å²) >= 11 is 6.25. The Balaban J connectivity index is 1.93. The molecule has 0 aliphatic carbocycles. The van der Waals surface area contributed by atoms with Crippen LogP contribution in [0.5, 0.6) is 17.2 Å². The fourth-order valence-electron chi connectivity index (χ4n) is 3.54. The van der Waals surface area contributed by atoms with Crippen LogP contribution in [0.1, 0.15) is 31.7 Å². The minimum absolute atomic E-state index is 0.0325. The molecule has 0 atom stereocenters. The van der Waals surface area contributed by atoms with Crippen LogP contribution in [0, 0.1) is 0 Å². The van der Waals surface area contributed by atoms with Crippen molar-refractivity contribution in [1.29, 1.82) is 0 Å². The van der Waals surface area contributed by atoms with E-state index in [2.05, 4.69) is 6.92 Å². The number of anilines is 1. The maximum absolute atomic E-state index is 13.5. The van der Waals surface area contributed by atoms with E-state index in [0.717, 1.165) is 19.3 Å². The van der Waals surface area contributed by atoms with Gasteiger partial charge in [-0.1, -0.05) is 55.6 Å². The molecule has 0 heterocycles. The standard InChI is InChI=1S/C28H30ClNO6S/c1-4-5-9-18-36-26-15-12-21(19-27(26)35-3)13-17-28(31)30(22-14-16-25(34-2)24(29)20-22)37(32,33)23-10-7-6-8-11-23/h6-8,10-17,19-20H,4-5,9,18H2,1-3H3/b17-13+. The maximum atomic E-state index is 13.5. The number of hydrogen-bond acceptors (Lipinski definition) is 6. The first-order chi connectivity index (χ1) is 17.8. The van der Waals surface area contributed by atoms with Crippen molar-refractivity contribution >= 4 is 39.3 Å². The lowest BCUT2D eigenvalue weighted by Crippen LogP contribution is -2.35. The molecular formula is C28H30ClNO6S. The summed E-state index contributed by atoms with van der Waals surface area (Å²) in [5.74, 6) is 0.698. The number of ether oxygens (including phenoxy) is 3. The number of rotatable bonds is 12. The number of unbranched alkanes of at least 4 members (excludes halogenated alkanes) is 2. The van der Waals surface area contributed by atoms with Gasteiger partial charge in [0.2, 0.25) is 0 Å². The lowest BCUT2D eigenvalue weighted by Gasteiger charge is -2.22. The third-order valence-electron chi connectivity index (χ3n) is 5.46. The molecule has 9 heteroatoms. The highest BCUT2D eigenvalue weighted by molar-refractivity contribution is 7.93. The number of amides is 1. The van der Waals surface area contributed by atoms with Crippen molar-refractivity contribution in [2.24, 2.45) is 0 Å². The SMILES string of the molecule is CCCCCOc1ccc(/C=C/C(=O)N(c2ccc(OC)c(Cl)c2)S(=O)(=O)c2ccccc2)cc1OC. The van der Waals surface area contributed by atoms with Crippen LogP contribution < -0.4 is 18.5 Å².